The highest BCUT2D eigenvalue weighted by Crippen LogP contribution is 2.23. The second-order valence-electron chi connectivity index (χ2n) is 5.69. The minimum atomic E-state index is -0.320. The molecule has 2 rings (SSSR count). The van der Waals surface area contributed by atoms with Gasteiger partial charge in [0.2, 0.25) is 0 Å². The van der Waals surface area contributed by atoms with Gasteiger partial charge in [0.25, 0.3) is 0 Å². The van der Waals surface area contributed by atoms with Gasteiger partial charge in [0, 0.05) is 6.54 Å². The van der Waals surface area contributed by atoms with Crippen LogP contribution >= 0.6 is 0 Å². The molecule has 0 radical (unpaired) electrons. The molecule has 1 fully saturated rings. The van der Waals surface area contributed by atoms with Crippen molar-refractivity contribution in [3.63, 3.8) is 0 Å². The zero-order valence-corrected chi connectivity index (χ0v) is 12.5. The van der Waals surface area contributed by atoms with Gasteiger partial charge in [-0.1, -0.05) is 31.9 Å². The number of nitrogens with one attached hydrogen (secondary N) is 1. The molecule has 1 aromatic carbocycles. The molecule has 0 aliphatic heterocycles. The van der Waals surface area contributed by atoms with E-state index in [-0.39, 0.29) is 12.2 Å². The lowest BCUT2D eigenvalue weighted by Crippen LogP contribution is -2.30. The average molecular weight is 277 g/mol. The van der Waals surface area contributed by atoms with Gasteiger partial charge in [0.05, 0.1) is 6.10 Å². The minimum Gasteiger partial charge on any atom is -0.488 e. The van der Waals surface area contributed by atoms with Crippen molar-refractivity contribution < 1.29 is 9.84 Å². The molecule has 3 heteroatoms. The van der Waals surface area contributed by atoms with E-state index in [2.05, 4.69) is 24.4 Å². The maximum Gasteiger partial charge on any atom is 0.124 e. The van der Waals surface area contributed by atoms with Crippen LogP contribution in [0.25, 0.3) is 0 Å². The predicted octanol–water partition coefficient (Wildman–Crippen LogP) is 3.26. The summed E-state index contributed by atoms with van der Waals surface area (Å²) in [4.78, 5) is 0. The molecule has 0 bridgehead atoms. The summed E-state index contributed by atoms with van der Waals surface area (Å²) in [7, 11) is 0. The summed E-state index contributed by atoms with van der Waals surface area (Å²) in [6, 6.07) is 8.21. The minimum absolute atomic E-state index is 0.0450. The van der Waals surface area contributed by atoms with Crippen molar-refractivity contribution in [1.82, 2.24) is 5.32 Å². The summed E-state index contributed by atoms with van der Waals surface area (Å²) in [5.41, 5.74) is 1.24. The van der Waals surface area contributed by atoms with Crippen LogP contribution in [0.15, 0.2) is 24.3 Å². The third kappa shape index (κ3) is 4.80. The molecular formula is C17H27NO2. The Morgan fingerprint density at radius 1 is 1.25 bits per heavy atom. The molecule has 0 heterocycles. The summed E-state index contributed by atoms with van der Waals surface area (Å²) >= 11 is 0. The smallest absolute Gasteiger partial charge is 0.124 e. The standard InChI is InChI=1S/C17H27NO2/c1-2-11-18-13-14-7-6-8-15(12-14)20-17-10-5-3-4-9-16(17)19/h6-8,12,16-19H,2-5,9-11,13H2,1H3. The number of hydrogen-bond acceptors (Lipinski definition) is 3. The zero-order chi connectivity index (χ0) is 14.2. The molecule has 2 N–H and O–H groups in total. The Morgan fingerprint density at radius 2 is 2.10 bits per heavy atom. The zero-order valence-electron chi connectivity index (χ0n) is 12.5. The summed E-state index contributed by atoms with van der Waals surface area (Å²) in [5, 5.41) is 13.5. The van der Waals surface area contributed by atoms with Crippen molar-refractivity contribution >= 4 is 0 Å². The number of aliphatic hydroxyl groups is 1. The summed E-state index contributed by atoms with van der Waals surface area (Å²) in [5.74, 6) is 0.881. The van der Waals surface area contributed by atoms with E-state index in [0.717, 1.165) is 50.9 Å². The van der Waals surface area contributed by atoms with E-state index in [1.807, 2.05) is 12.1 Å². The number of ether oxygens (including phenoxy) is 1. The third-order valence-corrected chi connectivity index (χ3v) is 3.86. The van der Waals surface area contributed by atoms with Crippen molar-refractivity contribution in [3.8, 4) is 5.75 Å². The molecule has 112 valence electrons. The molecule has 1 saturated carbocycles. The SMILES string of the molecule is CCCNCc1cccc(OC2CCCCCC2O)c1. The first kappa shape index (κ1) is 15.3. The number of aliphatic hydroxyl groups excluding tert-OH is 1. The maximum absolute atomic E-state index is 10.1. The Hall–Kier alpha value is -1.06. The second-order valence-corrected chi connectivity index (χ2v) is 5.69. The molecule has 3 nitrogen and oxygen atoms in total. The lowest BCUT2D eigenvalue weighted by molar-refractivity contribution is 0.0319. The maximum atomic E-state index is 10.1. The van der Waals surface area contributed by atoms with E-state index in [1.165, 1.54) is 12.0 Å². The molecule has 20 heavy (non-hydrogen) atoms. The molecule has 2 unspecified atom stereocenters. The Labute approximate surface area is 122 Å². The van der Waals surface area contributed by atoms with Crippen molar-refractivity contribution in [3.05, 3.63) is 29.8 Å². The van der Waals surface area contributed by atoms with Gasteiger partial charge in [0.15, 0.2) is 0 Å². The van der Waals surface area contributed by atoms with Crippen molar-refractivity contribution in [2.75, 3.05) is 6.54 Å². The number of rotatable bonds is 6. The van der Waals surface area contributed by atoms with Gasteiger partial charge in [-0.05, 0) is 49.9 Å². The van der Waals surface area contributed by atoms with E-state index in [1.54, 1.807) is 0 Å². The average Bonchev–Trinajstić information content (AvgIpc) is 2.65. The molecule has 1 aromatic rings. The molecule has 0 spiro atoms. The van der Waals surface area contributed by atoms with Gasteiger partial charge in [-0.3, -0.25) is 0 Å². The van der Waals surface area contributed by atoms with E-state index in [9.17, 15) is 5.11 Å². The molecule has 2 atom stereocenters. The van der Waals surface area contributed by atoms with Gasteiger partial charge >= 0.3 is 0 Å². The molecule has 1 aliphatic carbocycles. The van der Waals surface area contributed by atoms with Gasteiger partial charge in [-0.25, -0.2) is 0 Å². The lowest BCUT2D eigenvalue weighted by atomic mass is 10.1. The Bertz CT molecular complexity index is 394. The van der Waals surface area contributed by atoms with Crippen LogP contribution in [0.5, 0.6) is 5.75 Å². The van der Waals surface area contributed by atoms with Crippen LogP contribution < -0.4 is 10.1 Å². The van der Waals surface area contributed by atoms with Crippen molar-refractivity contribution in [2.24, 2.45) is 0 Å². The molecule has 0 aromatic heterocycles. The first-order chi connectivity index (χ1) is 9.79. The van der Waals surface area contributed by atoms with Crippen LogP contribution in [-0.4, -0.2) is 23.9 Å². The fourth-order valence-electron chi connectivity index (χ4n) is 2.70. The van der Waals surface area contributed by atoms with Crippen LogP contribution in [0.3, 0.4) is 0 Å². The highest BCUT2D eigenvalue weighted by molar-refractivity contribution is 5.28. The Kier molecular flexibility index (Phi) is 6.34. The number of hydrogen-bond donors (Lipinski definition) is 2. The first-order valence-corrected chi connectivity index (χ1v) is 7.94. The van der Waals surface area contributed by atoms with E-state index >= 15 is 0 Å². The molecule has 1 aliphatic rings. The van der Waals surface area contributed by atoms with Crippen LogP contribution in [0.1, 0.15) is 51.0 Å². The van der Waals surface area contributed by atoms with Crippen LogP contribution in [0.2, 0.25) is 0 Å². The third-order valence-electron chi connectivity index (χ3n) is 3.86. The number of benzene rings is 1. The van der Waals surface area contributed by atoms with Crippen LogP contribution in [0.4, 0.5) is 0 Å². The fraction of sp³-hybridized carbons (Fsp3) is 0.647. The molecular weight excluding hydrogens is 250 g/mol. The quantitative estimate of drug-likeness (QED) is 0.619. The van der Waals surface area contributed by atoms with Crippen LogP contribution in [-0.2, 0) is 6.54 Å². The summed E-state index contributed by atoms with van der Waals surface area (Å²) in [6.45, 7) is 4.07. The van der Waals surface area contributed by atoms with Gasteiger partial charge in [0.1, 0.15) is 11.9 Å². The topological polar surface area (TPSA) is 41.5 Å². The second kappa shape index (κ2) is 8.28. The molecule has 0 saturated heterocycles. The predicted molar refractivity (Wildman–Crippen MR) is 81.9 cm³/mol. The van der Waals surface area contributed by atoms with Gasteiger partial charge < -0.3 is 15.2 Å². The Balaban J connectivity index is 1.92. The van der Waals surface area contributed by atoms with Gasteiger partial charge in [-0.15, -0.1) is 0 Å². The first-order valence-electron chi connectivity index (χ1n) is 7.94. The fourth-order valence-corrected chi connectivity index (χ4v) is 2.70. The highest BCUT2D eigenvalue weighted by Gasteiger charge is 2.23. The van der Waals surface area contributed by atoms with Crippen molar-refractivity contribution in [1.29, 1.82) is 0 Å². The summed E-state index contributed by atoms with van der Waals surface area (Å²) in [6.07, 6.45) is 6.07. The normalized spacial score (nSPS) is 23.3. The van der Waals surface area contributed by atoms with Crippen molar-refractivity contribution in [2.45, 2.75) is 64.2 Å². The lowest BCUT2D eigenvalue weighted by Gasteiger charge is -2.22. The largest absolute Gasteiger partial charge is 0.488 e. The van der Waals surface area contributed by atoms with Gasteiger partial charge in [-0.2, -0.15) is 0 Å². The summed E-state index contributed by atoms with van der Waals surface area (Å²) < 4.78 is 6.02. The molecule has 0 amide bonds. The van der Waals surface area contributed by atoms with E-state index in [0.29, 0.717) is 0 Å². The monoisotopic (exact) mass is 277 g/mol. The van der Waals surface area contributed by atoms with Crippen LogP contribution in [0, 0.1) is 0 Å². The highest BCUT2D eigenvalue weighted by atomic mass is 16.5. The van der Waals surface area contributed by atoms with E-state index in [4.69, 9.17) is 4.74 Å². The Morgan fingerprint density at radius 3 is 2.95 bits per heavy atom. The van der Waals surface area contributed by atoms with E-state index < -0.39 is 0 Å².